The van der Waals surface area contributed by atoms with E-state index < -0.39 is 6.09 Å². The van der Waals surface area contributed by atoms with E-state index in [2.05, 4.69) is 15.3 Å². The first-order valence-electron chi connectivity index (χ1n) is 5.69. The molecule has 0 unspecified atom stereocenters. The summed E-state index contributed by atoms with van der Waals surface area (Å²) in [6, 6.07) is 9.19. The molecule has 0 bridgehead atoms. The molecule has 0 aliphatic carbocycles. The lowest BCUT2D eigenvalue weighted by Gasteiger charge is -2.04. The Morgan fingerprint density at radius 3 is 2.68 bits per heavy atom. The minimum absolute atomic E-state index is 0.326. The van der Waals surface area contributed by atoms with Crippen LogP contribution in [0.2, 0.25) is 5.02 Å². The second kappa shape index (κ2) is 6.15. The maximum absolute atomic E-state index is 10.4. The average molecular weight is 278 g/mol. The zero-order chi connectivity index (χ0) is 13.7. The van der Waals surface area contributed by atoms with Gasteiger partial charge >= 0.3 is 6.09 Å². The molecule has 0 atom stereocenters. The largest absolute Gasteiger partial charge is 0.465 e. The summed E-state index contributed by atoms with van der Waals surface area (Å²) in [4.78, 5) is 18.7. The van der Waals surface area contributed by atoms with Crippen LogP contribution in [0.1, 0.15) is 5.69 Å². The van der Waals surface area contributed by atoms with Crippen LogP contribution in [-0.2, 0) is 6.42 Å². The molecule has 0 aliphatic rings. The van der Waals surface area contributed by atoms with Gasteiger partial charge in [-0.05, 0) is 18.2 Å². The number of hydrogen-bond donors (Lipinski definition) is 2. The summed E-state index contributed by atoms with van der Waals surface area (Å²) < 4.78 is 0. The Morgan fingerprint density at radius 1 is 1.26 bits per heavy atom. The van der Waals surface area contributed by atoms with E-state index in [1.165, 1.54) is 6.33 Å². The molecule has 1 aromatic heterocycles. The maximum Gasteiger partial charge on any atom is 0.404 e. The van der Waals surface area contributed by atoms with Crippen molar-refractivity contribution >= 4 is 17.7 Å². The number of nitrogens with one attached hydrogen (secondary N) is 1. The van der Waals surface area contributed by atoms with Gasteiger partial charge in [0.25, 0.3) is 0 Å². The molecule has 2 rings (SSSR count). The summed E-state index contributed by atoms with van der Waals surface area (Å²) in [5.74, 6) is 0. The molecule has 2 aromatic rings. The van der Waals surface area contributed by atoms with Gasteiger partial charge in [0.05, 0.1) is 5.69 Å². The average Bonchev–Trinajstić information content (AvgIpc) is 2.39. The molecule has 1 aromatic carbocycles. The molecule has 0 spiro atoms. The van der Waals surface area contributed by atoms with Crippen molar-refractivity contribution in [3.63, 3.8) is 0 Å². The second-order valence-corrected chi connectivity index (χ2v) is 4.32. The van der Waals surface area contributed by atoms with Gasteiger partial charge in [0, 0.05) is 29.2 Å². The van der Waals surface area contributed by atoms with Crippen LogP contribution in [0.3, 0.4) is 0 Å². The van der Waals surface area contributed by atoms with Gasteiger partial charge in [-0.2, -0.15) is 0 Å². The van der Waals surface area contributed by atoms with Crippen molar-refractivity contribution in [3.8, 4) is 11.3 Å². The lowest BCUT2D eigenvalue weighted by molar-refractivity contribution is 0.194. The number of rotatable bonds is 4. The maximum atomic E-state index is 10.4. The second-order valence-electron chi connectivity index (χ2n) is 3.88. The summed E-state index contributed by atoms with van der Waals surface area (Å²) in [6.07, 6.45) is 0.960. The predicted octanol–water partition coefficient (Wildman–Crippen LogP) is 2.61. The first-order valence-corrected chi connectivity index (χ1v) is 6.06. The van der Waals surface area contributed by atoms with Crippen LogP contribution in [0.5, 0.6) is 0 Å². The molecular weight excluding hydrogens is 266 g/mol. The molecule has 6 heteroatoms. The van der Waals surface area contributed by atoms with Crippen LogP contribution in [0, 0.1) is 0 Å². The third-order valence-corrected chi connectivity index (χ3v) is 2.77. The van der Waals surface area contributed by atoms with Crippen molar-refractivity contribution in [3.05, 3.63) is 47.4 Å². The molecule has 0 radical (unpaired) electrons. The number of amides is 1. The van der Waals surface area contributed by atoms with Crippen LogP contribution < -0.4 is 5.32 Å². The standard InChI is InChI=1S/C13H12ClN3O2/c14-10-3-1-9(2-4-10)12-7-11(16-8-17-12)5-6-15-13(18)19/h1-4,7-8,15H,5-6H2,(H,18,19). The van der Waals surface area contributed by atoms with Gasteiger partial charge in [0.2, 0.25) is 0 Å². The SMILES string of the molecule is O=C(O)NCCc1cc(-c2ccc(Cl)cc2)ncn1. The number of benzene rings is 1. The number of nitrogens with zero attached hydrogens (tertiary/aromatic N) is 2. The van der Waals surface area contributed by atoms with Crippen molar-refractivity contribution in [2.45, 2.75) is 6.42 Å². The summed E-state index contributed by atoms with van der Waals surface area (Å²) in [5, 5.41) is 11.5. The fraction of sp³-hybridized carbons (Fsp3) is 0.154. The highest BCUT2D eigenvalue weighted by Gasteiger charge is 2.03. The van der Waals surface area contributed by atoms with E-state index in [0.717, 1.165) is 17.0 Å². The van der Waals surface area contributed by atoms with Gasteiger partial charge in [-0.25, -0.2) is 14.8 Å². The Hall–Kier alpha value is -2.14. The van der Waals surface area contributed by atoms with E-state index in [1.807, 2.05) is 18.2 Å². The Balaban J connectivity index is 2.10. The van der Waals surface area contributed by atoms with Gasteiger partial charge in [-0.3, -0.25) is 0 Å². The molecule has 98 valence electrons. The monoisotopic (exact) mass is 277 g/mol. The van der Waals surface area contributed by atoms with E-state index in [1.54, 1.807) is 12.1 Å². The van der Waals surface area contributed by atoms with Gasteiger partial charge in [-0.15, -0.1) is 0 Å². The number of aromatic nitrogens is 2. The van der Waals surface area contributed by atoms with Gasteiger partial charge in [0.1, 0.15) is 6.33 Å². The lowest BCUT2D eigenvalue weighted by Crippen LogP contribution is -2.23. The van der Waals surface area contributed by atoms with Crippen molar-refractivity contribution in [1.29, 1.82) is 0 Å². The Bertz CT molecular complexity index is 572. The Labute approximate surface area is 115 Å². The molecule has 0 aliphatic heterocycles. The van der Waals surface area contributed by atoms with E-state index >= 15 is 0 Å². The van der Waals surface area contributed by atoms with Gasteiger partial charge in [-0.1, -0.05) is 23.7 Å². The topological polar surface area (TPSA) is 75.1 Å². The molecular formula is C13H12ClN3O2. The van der Waals surface area contributed by atoms with Gasteiger partial charge < -0.3 is 10.4 Å². The van der Waals surface area contributed by atoms with Crippen LogP contribution in [0.15, 0.2) is 36.7 Å². The normalized spacial score (nSPS) is 10.2. The summed E-state index contributed by atoms with van der Waals surface area (Å²) in [5.41, 5.74) is 2.52. The van der Waals surface area contributed by atoms with E-state index in [-0.39, 0.29) is 0 Å². The molecule has 1 amide bonds. The van der Waals surface area contributed by atoms with Crippen molar-refractivity contribution in [1.82, 2.24) is 15.3 Å². The van der Waals surface area contributed by atoms with E-state index in [0.29, 0.717) is 18.0 Å². The Kier molecular flexibility index (Phi) is 4.30. The summed E-state index contributed by atoms with van der Waals surface area (Å²) in [6.45, 7) is 0.326. The molecule has 0 saturated heterocycles. The molecule has 2 N–H and O–H groups in total. The van der Waals surface area contributed by atoms with Crippen molar-refractivity contribution in [2.75, 3.05) is 6.54 Å². The molecule has 19 heavy (non-hydrogen) atoms. The van der Waals surface area contributed by atoms with Crippen LogP contribution >= 0.6 is 11.6 Å². The summed E-state index contributed by atoms with van der Waals surface area (Å²) in [7, 11) is 0. The van der Waals surface area contributed by atoms with Crippen LogP contribution in [0.4, 0.5) is 4.79 Å². The minimum atomic E-state index is -1.04. The van der Waals surface area contributed by atoms with Crippen molar-refractivity contribution < 1.29 is 9.90 Å². The quantitative estimate of drug-likeness (QED) is 0.901. The zero-order valence-corrected chi connectivity index (χ0v) is 10.8. The van der Waals surface area contributed by atoms with E-state index in [4.69, 9.17) is 16.7 Å². The van der Waals surface area contributed by atoms with Crippen LogP contribution in [0.25, 0.3) is 11.3 Å². The first kappa shape index (κ1) is 13.3. The molecule has 5 nitrogen and oxygen atoms in total. The molecule has 1 heterocycles. The smallest absolute Gasteiger partial charge is 0.404 e. The fourth-order valence-electron chi connectivity index (χ4n) is 1.61. The molecule has 0 saturated carbocycles. The zero-order valence-electron chi connectivity index (χ0n) is 10.0. The van der Waals surface area contributed by atoms with Gasteiger partial charge in [0.15, 0.2) is 0 Å². The third kappa shape index (κ3) is 3.93. The summed E-state index contributed by atoms with van der Waals surface area (Å²) >= 11 is 5.83. The number of hydrogen-bond acceptors (Lipinski definition) is 3. The number of carboxylic acid groups (broad SMARTS) is 1. The Morgan fingerprint density at radius 2 is 2.00 bits per heavy atom. The highest BCUT2D eigenvalue weighted by Crippen LogP contribution is 2.19. The first-order chi connectivity index (χ1) is 9.15. The van der Waals surface area contributed by atoms with Crippen LogP contribution in [-0.4, -0.2) is 27.7 Å². The third-order valence-electron chi connectivity index (χ3n) is 2.52. The number of carbonyl (C=O) groups is 1. The van der Waals surface area contributed by atoms with Crippen molar-refractivity contribution in [2.24, 2.45) is 0 Å². The highest BCUT2D eigenvalue weighted by molar-refractivity contribution is 6.30. The highest BCUT2D eigenvalue weighted by atomic mass is 35.5. The fourth-order valence-corrected chi connectivity index (χ4v) is 1.74. The number of halogens is 1. The van der Waals surface area contributed by atoms with E-state index in [9.17, 15) is 4.79 Å². The lowest BCUT2D eigenvalue weighted by atomic mass is 10.1. The predicted molar refractivity (Wildman–Crippen MR) is 72.2 cm³/mol. The molecule has 0 fully saturated rings. The minimum Gasteiger partial charge on any atom is -0.465 e.